The highest BCUT2D eigenvalue weighted by molar-refractivity contribution is 5.59. The summed E-state index contributed by atoms with van der Waals surface area (Å²) in [7, 11) is 0. The molecule has 0 saturated carbocycles. The number of benzene rings is 1. The van der Waals surface area contributed by atoms with E-state index in [0.29, 0.717) is 17.9 Å². The molecule has 7 heteroatoms. The number of anilines is 1. The normalized spacial score (nSPS) is 10.2. The Balaban J connectivity index is 2.28. The molecule has 0 saturated heterocycles. The van der Waals surface area contributed by atoms with E-state index in [1.54, 1.807) is 0 Å². The molecule has 0 aliphatic rings. The zero-order valence-corrected chi connectivity index (χ0v) is 14.0. The summed E-state index contributed by atoms with van der Waals surface area (Å²) in [5.74, 6) is 5.88. The Hall–Kier alpha value is -3.14. The van der Waals surface area contributed by atoms with Crippen LogP contribution in [0.1, 0.15) is 32.3 Å². The van der Waals surface area contributed by atoms with E-state index in [9.17, 15) is 14.5 Å². The lowest BCUT2D eigenvalue weighted by molar-refractivity contribution is -0.385. The van der Waals surface area contributed by atoms with Gasteiger partial charge in [0.15, 0.2) is 11.6 Å². The molecule has 6 nitrogen and oxygen atoms in total. The molecule has 0 aliphatic heterocycles. The highest BCUT2D eigenvalue weighted by Gasteiger charge is 2.14. The van der Waals surface area contributed by atoms with Gasteiger partial charge in [0, 0.05) is 24.8 Å². The molecule has 1 aromatic carbocycles. The molecule has 1 aromatic heterocycles. The first kappa shape index (κ1) is 18.2. The SMILES string of the molecule is CC(C)CCC#Cc1c(Oc2ccc([N+](=O)[O-])cc2F)ccnc1N. The minimum atomic E-state index is -0.844. The molecule has 2 N–H and O–H groups in total. The predicted octanol–water partition coefficient (Wildman–Crippen LogP) is 4.29. The molecule has 0 atom stereocenters. The molecule has 2 rings (SSSR count). The summed E-state index contributed by atoms with van der Waals surface area (Å²) >= 11 is 0. The highest BCUT2D eigenvalue weighted by Crippen LogP contribution is 2.30. The van der Waals surface area contributed by atoms with Crippen LogP contribution in [0.4, 0.5) is 15.9 Å². The van der Waals surface area contributed by atoms with Gasteiger partial charge in [-0.1, -0.05) is 25.7 Å². The zero-order valence-electron chi connectivity index (χ0n) is 14.0. The van der Waals surface area contributed by atoms with Gasteiger partial charge in [-0.25, -0.2) is 9.37 Å². The first-order valence-corrected chi connectivity index (χ1v) is 7.73. The van der Waals surface area contributed by atoms with Gasteiger partial charge in [-0.3, -0.25) is 10.1 Å². The Bertz CT molecular complexity index is 841. The second-order valence-corrected chi connectivity index (χ2v) is 5.78. The highest BCUT2D eigenvalue weighted by atomic mass is 19.1. The van der Waals surface area contributed by atoms with Crippen molar-refractivity contribution in [2.45, 2.75) is 26.7 Å². The maximum atomic E-state index is 14.0. The Labute approximate surface area is 145 Å². The average molecular weight is 343 g/mol. The fraction of sp³-hybridized carbons (Fsp3) is 0.278. The van der Waals surface area contributed by atoms with Crippen molar-refractivity contribution in [1.29, 1.82) is 0 Å². The number of non-ortho nitro benzene ring substituents is 1. The number of nitrogens with two attached hydrogens (primary N) is 1. The van der Waals surface area contributed by atoms with Crippen LogP contribution >= 0.6 is 0 Å². The summed E-state index contributed by atoms with van der Waals surface area (Å²) in [4.78, 5) is 14.0. The van der Waals surface area contributed by atoms with Crippen molar-refractivity contribution in [2.75, 3.05) is 5.73 Å². The van der Waals surface area contributed by atoms with Crippen LogP contribution < -0.4 is 10.5 Å². The summed E-state index contributed by atoms with van der Waals surface area (Å²) < 4.78 is 19.5. The minimum absolute atomic E-state index is 0.151. The quantitative estimate of drug-likeness (QED) is 0.497. The third-order valence-electron chi connectivity index (χ3n) is 3.35. The van der Waals surface area contributed by atoms with Crippen molar-refractivity contribution in [3.05, 3.63) is 52.0 Å². The van der Waals surface area contributed by atoms with Gasteiger partial charge in [0.05, 0.1) is 11.0 Å². The monoisotopic (exact) mass is 343 g/mol. The van der Waals surface area contributed by atoms with Gasteiger partial charge in [-0.15, -0.1) is 0 Å². The van der Waals surface area contributed by atoms with Crippen molar-refractivity contribution in [2.24, 2.45) is 5.92 Å². The number of nitrogens with zero attached hydrogens (tertiary/aromatic N) is 2. The third kappa shape index (κ3) is 4.91. The van der Waals surface area contributed by atoms with E-state index in [2.05, 4.69) is 30.7 Å². The maximum Gasteiger partial charge on any atom is 0.272 e. The number of ether oxygens (including phenoxy) is 1. The first-order valence-electron chi connectivity index (χ1n) is 7.73. The van der Waals surface area contributed by atoms with Crippen molar-refractivity contribution in [3.8, 4) is 23.3 Å². The van der Waals surface area contributed by atoms with Gasteiger partial charge in [0.1, 0.15) is 17.1 Å². The summed E-state index contributed by atoms with van der Waals surface area (Å²) in [6.07, 6.45) is 3.06. The lowest BCUT2D eigenvalue weighted by Gasteiger charge is -2.09. The average Bonchev–Trinajstić information content (AvgIpc) is 2.55. The Kier molecular flexibility index (Phi) is 5.90. The number of nitro benzene ring substituents is 1. The Morgan fingerprint density at radius 1 is 1.36 bits per heavy atom. The van der Waals surface area contributed by atoms with Crippen LogP contribution in [0.25, 0.3) is 0 Å². The molecule has 0 fully saturated rings. The third-order valence-corrected chi connectivity index (χ3v) is 3.35. The standard InChI is InChI=1S/C18H18FN3O3/c1-12(2)5-3-4-6-14-16(9-10-21-18(14)20)25-17-8-7-13(22(23)24)11-15(17)19/h7-12H,3,5H2,1-2H3,(H2,20,21). The Morgan fingerprint density at radius 2 is 2.12 bits per heavy atom. The van der Waals surface area contributed by atoms with Crippen molar-refractivity contribution in [3.63, 3.8) is 0 Å². The number of pyridine rings is 1. The van der Waals surface area contributed by atoms with E-state index >= 15 is 0 Å². The predicted molar refractivity (Wildman–Crippen MR) is 92.7 cm³/mol. The molecule has 0 radical (unpaired) electrons. The first-order chi connectivity index (χ1) is 11.9. The van der Waals surface area contributed by atoms with Gasteiger partial charge >= 0.3 is 0 Å². The van der Waals surface area contributed by atoms with E-state index < -0.39 is 10.7 Å². The van der Waals surface area contributed by atoms with E-state index in [4.69, 9.17) is 10.5 Å². The lowest BCUT2D eigenvalue weighted by atomic mass is 10.1. The maximum absolute atomic E-state index is 14.0. The van der Waals surface area contributed by atoms with Crippen LogP contribution in [-0.2, 0) is 0 Å². The number of nitro groups is 1. The van der Waals surface area contributed by atoms with E-state index in [-0.39, 0.29) is 23.0 Å². The van der Waals surface area contributed by atoms with Gasteiger partial charge in [-0.2, -0.15) is 0 Å². The number of hydrogen-bond donors (Lipinski definition) is 1. The second kappa shape index (κ2) is 8.11. The lowest BCUT2D eigenvalue weighted by Crippen LogP contribution is -1.99. The van der Waals surface area contributed by atoms with Crippen molar-refractivity contribution >= 4 is 11.5 Å². The minimum Gasteiger partial charge on any atom is -0.453 e. The molecule has 130 valence electrons. The molecular formula is C18H18FN3O3. The Morgan fingerprint density at radius 3 is 2.76 bits per heavy atom. The topological polar surface area (TPSA) is 91.3 Å². The summed E-state index contributed by atoms with van der Waals surface area (Å²) in [5, 5.41) is 10.7. The van der Waals surface area contributed by atoms with Gasteiger partial charge in [0.2, 0.25) is 0 Å². The second-order valence-electron chi connectivity index (χ2n) is 5.78. The van der Waals surface area contributed by atoms with E-state index in [0.717, 1.165) is 18.6 Å². The van der Waals surface area contributed by atoms with Crippen LogP contribution in [0, 0.1) is 33.7 Å². The number of nitrogen functional groups attached to an aromatic ring is 1. The van der Waals surface area contributed by atoms with Crippen LogP contribution in [0.5, 0.6) is 11.5 Å². The molecule has 0 bridgehead atoms. The van der Waals surface area contributed by atoms with Crippen molar-refractivity contribution in [1.82, 2.24) is 4.98 Å². The largest absolute Gasteiger partial charge is 0.453 e. The molecule has 2 aromatic rings. The number of halogens is 1. The summed E-state index contributed by atoms with van der Waals surface area (Å²) in [6.45, 7) is 4.21. The summed E-state index contributed by atoms with van der Waals surface area (Å²) in [5.41, 5.74) is 5.85. The molecule has 25 heavy (non-hydrogen) atoms. The molecule has 1 heterocycles. The fourth-order valence-corrected chi connectivity index (χ4v) is 1.99. The molecule has 0 aliphatic carbocycles. The van der Waals surface area contributed by atoms with Crippen LogP contribution in [0.3, 0.4) is 0 Å². The molecule has 0 unspecified atom stereocenters. The smallest absolute Gasteiger partial charge is 0.272 e. The molecule has 0 spiro atoms. The number of rotatable bonds is 5. The zero-order chi connectivity index (χ0) is 18.4. The fourth-order valence-electron chi connectivity index (χ4n) is 1.99. The van der Waals surface area contributed by atoms with Crippen LogP contribution in [0.15, 0.2) is 30.5 Å². The van der Waals surface area contributed by atoms with Gasteiger partial charge in [-0.05, 0) is 18.4 Å². The molecular weight excluding hydrogens is 325 g/mol. The molecule has 0 amide bonds. The number of hydrogen-bond acceptors (Lipinski definition) is 5. The van der Waals surface area contributed by atoms with E-state index in [1.165, 1.54) is 18.3 Å². The van der Waals surface area contributed by atoms with Gasteiger partial charge in [0.25, 0.3) is 5.69 Å². The number of aromatic nitrogens is 1. The van der Waals surface area contributed by atoms with Crippen LogP contribution in [0.2, 0.25) is 0 Å². The summed E-state index contributed by atoms with van der Waals surface area (Å²) in [6, 6.07) is 4.68. The van der Waals surface area contributed by atoms with E-state index in [1.807, 2.05) is 0 Å². The van der Waals surface area contributed by atoms with Gasteiger partial charge < -0.3 is 10.5 Å². The van der Waals surface area contributed by atoms with Crippen molar-refractivity contribution < 1.29 is 14.1 Å². The van der Waals surface area contributed by atoms with Crippen LogP contribution in [-0.4, -0.2) is 9.91 Å².